The number of carbonyl (C=O) groups excluding carboxylic acids is 2. The number of pyridine rings is 1. The largest absolute Gasteiger partial charge is 0.439 e. The highest BCUT2D eigenvalue weighted by atomic mass is 32.1. The van der Waals surface area contributed by atoms with Gasteiger partial charge in [-0.15, -0.1) is 0 Å². The summed E-state index contributed by atoms with van der Waals surface area (Å²) in [4.78, 5) is 28.2. The Kier molecular flexibility index (Phi) is 6.17. The molecule has 6 nitrogen and oxygen atoms in total. The van der Waals surface area contributed by atoms with Crippen LogP contribution in [0.5, 0.6) is 11.6 Å². The molecule has 2 aromatic heterocycles. The summed E-state index contributed by atoms with van der Waals surface area (Å²) < 4.78 is 5.62. The number of benzene rings is 1. The molecule has 0 bridgehead atoms. The second-order valence-corrected chi connectivity index (χ2v) is 6.70. The lowest BCUT2D eigenvalue weighted by Gasteiger charge is -2.12. The number of nitrogens with zero attached hydrogens (tertiary/aromatic N) is 1. The zero-order valence-electron chi connectivity index (χ0n) is 14.7. The van der Waals surface area contributed by atoms with Gasteiger partial charge in [0.15, 0.2) is 0 Å². The molecule has 0 spiro atoms. The Morgan fingerprint density at radius 2 is 2.04 bits per heavy atom. The van der Waals surface area contributed by atoms with Crippen LogP contribution >= 0.6 is 11.3 Å². The van der Waals surface area contributed by atoms with E-state index in [0.29, 0.717) is 23.9 Å². The van der Waals surface area contributed by atoms with Crippen molar-refractivity contribution in [1.82, 2.24) is 10.3 Å². The van der Waals surface area contributed by atoms with Crippen molar-refractivity contribution in [1.29, 1.82) is 0 Å². The van der Waals surface area contributed by atoms with Crippen molar-refractivity contribution in [3.63, 3.8) is 0 Å². The van der Waals surface area contributed by atoms with Crippen molar-refractivity contribution < 1.29 is 14.3 Å². The van der Waals surface area contributed by atoms with E-state index >= 15 is 0 Å². The van der Waals surface area contributed by atoms with Crippen LogP contribution in [-0.4, -0.2) is 23.3 Å². The van der Waals surface area contributed by atoms with E-state index in [-0.39, 0.29) is 5.92 Å². The Bertz CT molecular complexity index is 898. The van der Waals surface area contributed by atoms with Gasteiger partial charge in [-0.05, 0) is 46.5 Å². The van der Waals surface area contributed by atoms with Crippen molar-refractivity contribution in [2.24, 2.45) is 0 Å². The highest BCUT2D eigenvalue weighted by Crippen LogP contribution is 2.22. The normalized spacial score (nSPS) is 11.4. The topological polar surface area (TPSA) is 80.3 Å². The van der Waals surface area contributed by atoms with Gasteiger partial charge >= 0.3 is 11.8 Å². The van der Waals surface area contributed by atoms with Gasteiger partial charge in [-0.3, -0.25) is 9.59 Å². The van der Waals surface area contributed by atoms with Gasteiger partial charge < -0.3 is 15.4 Å². The SMILES string of the molecule is CC(CNC(=O)C(=O)Nc1cccc(Oc2ccccn2)c1)c1ccsc1. The molecule has 2 amide bonds. The van der Waals surface area contributed by atoms with Gasteiger partial charge in [-0.25, -0.2) is 4.98 Å². The van der Waals surface area contributed by atoms with Crippen molar-refractivity contribution in [2.45, 2.75) is 12.8 Å². The van der Waals surface area contributed by atoms with E-state index in [2.05, 4.69) is 15.6 Å². The molecule has 0 aliphatic rings. The van der Waals surface area contributed by atoms with Crippen molar-refractivity contribution >= 4 is 28.8 Å². The van der Waals surface area contributed by atoms with E-state index < -0.39 is 11.8 Å². The molecule has 1 unspecified atom stereocenters. The Balaban J connectivity index is 1.54. The maximum atomic E-state index is 12.1. The molecule has 0 aliphatic carbocycles. The lowest BCUT2D eigenvalue weighted by atomic mass is 10.1. The van der Waals surface area contributed by atoms with E-state index in [0.717, 1.165) is 5.56 Å². The van der Waals surface area contributed by atoms with Crippen LogP contribution in [0.4, 0.5) is 5.69 Å². The number of carbonyl (C=O) groups is 2. The molecular weight excluding hydrogens is 362 g/mol. The zero-order chi connectivity index (χ0) is 19.1. The quantitative estimate of drug-likeness (QED) is 0.637. The molecule has 0 saturated carbocycles. The summed E-state index contributed by atoms with van der Waals surface area (Å²) in [5, 5.41) is 9.25. The van der Waals surface area contributed by atoms with Crippen molar-refractivity contribution in [3.8, 4) is 11.6 Å². The van der Waals surface area contributed by atoms with Gasteiger partial charge in [0.2, 0.25) is 5.88 Å². The van der Waals surface area contributed by atoms with Gasteiger partial charge in [0, 0.05) is 30.6 Å². The Morgan fingerprint density at radius 1 is 1.15 bits per heavy atom. The molecule has 138 valence electrons. The maximum Gasteiger partial charge on any atom is 0.313 e. The number of rotatable bonds is 6. The summed E-state index contributed by atoms with van der Waals surface area (Å²) in [5.41, 5.74) is 1.61. The van der Waals surface area contributed by atoms with Crippen LogP contribution in [0.2, 0.25) is 0 Å². The molecule has 0 fully saturated rings. The molecule has 2 heterocycles. The van der Waals surface area contributed by atoms with Crippen LogP contribution < -0.4 is 15.4 Å². The van der Waals surface area contributed by atoms with E-state index in [1.807, 2.05) is 29.8 Å². The lowest BCUT2D eigenvalue weighted by molar-refractivity contribution is -0.136. The predicted octanol–water partition coefficient (Wildman–Crippen LogP) is 3.79. The standard InChI is InChI=1S/C20H19N3O3S/c1-14(15-8-10-27-13-15)12-22-19(24)20(25)23-16-5-4-6-17(11-16)26-18-7-2-3-9-21-18/h2-11,13-14H,12H2,1H3,(H,22,24)(H,23,25). The third-order valence-electron chi connectivity index (χ3n) is 3.84. The minimum atomic E-state index is -0.720. The molecule has 2 N–H and O–H groups in total. The fourth-order valence-electron chi connectivity index (χ4n) is 2.35. The molecule has 0 radical (unpaired) electrons. The minimum absolute atomic E-state index is 0.142. The molecule has 3 aromatic rings. The number of ether oxygens (including phenoxy) is 1. The molecule has 1 aromatic carbocycles. The molecule has 1 atom stereocenters. The Morgan fingerprint density at radius 3 is 2.78 bits per heavy atom. The number of amides is 2. The van der Waals surface area contributed by atoms with Crippen LogP contribution in [0.1, 0.15) is 18.4 Å². The van der Waals surface area contributed by atoms with E-state index in [1.165, 1.54) is 0 Å². The van der Waals surface area contributed by atoms with Gasteiger partial charge in [-0.2, -0.15) is 11.3 Å². The molecule has 3 rings (SSSR count). The van der Waals surface area contributed by atoms with Crippen LogP contribution in [0, 0.1) is 0 Å². The number of hydrogen-bond acceptors (Lipinski definition) is 5. The summed E-state index contributed by atoms with van der Waals surface area (Å²) >= 11 is 1.60. The highest BCUT2D eigenvalue weighted by Gasteiger charge is 2.15. The fraction of sp³-hybridized carbons (Fsp3) is 0.150. The number of nitrogens with one attached hydrogen (secondary N) is 2. The average molecular weight is 381 g/mol. The lowest BCUT2D eigenvalue weighted by Crippen LogP contribution is -2.37. The van der Waals surface area contributed by atoms with Crippen molar-refractivity contribution in [2.75, 3.05) is 11.9 Å². The van der Waals surface area contributed by atoms with Crippen molar-refractivity contribution in [3.05, 3.63) is 71.1 Å². The highest BCUT2D eigenvalue weighted by molar-refractivity contribution is 7.08. The average Bonchev–Trinajstić information content (AvgIpc) is 3.22. The Labute approximate surface area is 161 Å². The fourth-order valence-corrected chi connectivity index (χ4v) is 3.14. The number of hydrogen-bond donors (Lipinski definition) is 2. The summed E-state index contributed by atoms with van der Waals surface area (Å²) in [7, 11) is 0. The number of aromatic nitrogens is 1. The third kappa shape index (κ3) is 5.39. The maximum absolute atomic E-state index is 12.1. The number of thiophene rings is 1. The Hall–Kier alpha value is -3.19. The second kappa shape index (κ2) is 8.95. The molecule has 7 heteroatoms. The molecule has 0 saturated heterocycles. The van der Waals surface area contributed by atoms with Gasteiger partial charge in [0.05, 0.1) is 0 Å². The van der Waals surface area contributed by atoms with Gasteiger partial charge in [0.25, 0.3) is 0 Å². The molecular formula is C20H19N3O3S. The van der Waals surface area contributed by atoms with E-state index in [1.54, 1.807) is 53.9 Å². The smallest absolute Gasteiger partial charge is 0.313 e. The van der Waals surface area contributed by atoms with Crippen LogP contribution in [0.15, 0.2) is 65.5 Å². The minimum Gasteiger partial charge on any atom is -0.439 e. The first kappa shape index (κ1) is 18.6. The first-order valence-electron chi connectivity index (χ1n) is 8.42. The predicted molar refractivity (Wildman–Crippen MR) is 105 cm³/mol. The monoisotopic (exact) mass is 381 g/mol. The third-order valence-corrected chi connectivity index (χ3v) is 4.54. The summed E-state index contributed by atoms with van der Waals surface area (Å²) in [6.45, 7) is 2.39. The van der Waals surface area contributed by atoms with E-state index in [4.69, 9.17) is 4.74 Å². The van der Waals surface area contributed by atoms with E-state index in [9.17, 15) is 9.59 Å². The zero-order valence-corrected chi connectivity index (χ0v) is 15.5. The van der Waals surface area contributed by atoms with Crippen LogP contribution in [0.3, 0.4) is 0 Å². The first-order valence-corrected chi connectivity index (χ1v) is 9.36. The number of anilines is 1. The molecule has 27 heavy (non-hydrogen) atoms. The summed E-state index contributed by atoms with van der Waals surface area (Å²) in [6, 6.07) is 14.1. The van der Waals surface area contributed by atoms with Crippen LogP contribution in [-0.2, 0) is 9.59 Å². The summed E-state index contributed by atoms with van der Waals surface area (Å²) in [5.74, 6) is -0.294. The second-order valence-electron chi connectivity index (χ2n) is 5.92. The van der Waals surface area contributed by atoms with Crippen LogP contribution in [0.25, 0.3) is 0 Å². The molecule has 0 aliphatic heterocycles. The summed E-state index contributed by atoms with van der Waals surface area (Å²) in [6.07, 6.45) is 1.63. The van der Waals surface area contributed by atoms with Gasteiger partial charge in [-0.1, -0.05) is 19.1 Å². The van der Waals surface area contributed by atoms with Gasteiger partial charge in [0.1, 0.15) is 5.75 Å². The first-order chi connectivity index (χ1) is 13.1.